The SMILES string of the molecule is CC(c1cnc(C(F)(F)F)nc1)/S(O)=N\C#N. The minimum absolute atomic E-state index is 0.280. The Morgan fingerprint density at radius 1 is 1.47 bits per heavy atom. The summed E-state index contributed by atoms with van der Waals surface area (Å²) in [7, 11) is -1.59. The van der Waals surface area contributed by atoms with Gasteiger partial charge >= 0.3 is 6.18 Å². The van der Waals surface area contributed by atoms with Crippen molar-refractivity contribution >= 4 is 11.0 Å². The summed E-state index contributed by atoms with van der Waals surface area (Å²) >= 11 is 0. The van der Waals surface area contributed by atoms with Crippen molar-refractivity contribution in [1.82, 2.24) is 9.97 Å². The molecule has 0 fully saturated rings. The summed E-state index contributed by atoms with van der Waals surface area (Å²) in [6.45, 7) is 1.51. The lowest BCUT2D eigenvalue weighted by atomic mass is 10.2. The first-order valence-corrected chi connectivity index (χ1v) is 5.47. The van der Waals surface area contributed by atoms with Crippen LogP contribution in [0, 0.1) is 11.5 Å². The number of nitriles is 1. The van der Waals surface area contributed by atoms with Crippen LogP contribution in [-0.2, 0) is 17.1 Å². The van der Waals surface area contributed by atoms with Gasteiger partial charge in [0.15, 0.2) is 0 Å². The molecule has 0 aliphatic carbocycles. The molecule has 0 aliphatic heterocycles. The van der Waals surface area contributed by atoms with Crippen LogP contribution in [0.4, 0.5) is 13.2 Å². The van der Waals surface area contributed by atoms with Crippen molar-refractivity contribution in [3.05, 3.63) is 23.8 Å². The standard InChI is InChI=1S/C8H7F3N4OS/c1-5(17(16)15-4-12)6-2-13-7(14-3-6)8(9,10)11/h2-3,5H,1H3,(H,15,16). The van der Waals surface area contributed by atoms with Crippen molar-refractivity contribution in [2.24, 2.45) is 4.36 Å². The summed E-state index contributed by atoms with van der Waals surface area (Å²) < 4.78 is 49.0. The Kier molecular flexibility index (Phi) is 4.14. The van der Waals surface area contributed by atoms with Crippen LogP contribution in [0.25, 0.3) is 0 Å². The smallest absolute Gasteiger partial charge is 0.320 e. The molecule has 1 aromatic rings. The fourth-order valence-electron chi connectivity index (χ4n) is 0.937. The van der Waals surface area contributed by atoms with Gasteiger partial charge in [-0.1, -0.05) is 0 Å². The van der Waals surface area contributed by atoms with Gasteiger partial charge in [0, 0.05) is 18.0 Å². The molecule has 92 valence electrons. The van der Waals surface area contributed by atoms with E-state index in [0.717, 1.165) is 12.4 Å². The highest BCUT2D eigenvalue weighted by Crippen LogP contribution is 2.26. The number of alkyl halides is 3. The number of halogens is 3. The molecule has 17 heavy (non-hydrogen) atoms. The first-order chi connectivity index (χ1) is 7.86. The first-order valence-electron chi connectivity index (χ1n) is 4.27. The lowest BCUT2D eigenvalue weighted by molar-refractivity contribution is -0.145. The van der Waals surface area contributed by atoms with Crippen LogP contribution in [0.2, 0.25) is 0 Å². The maximum Gasteiger partial charge on any atom is 0.451 e. The summed E-state index contributed by atoms with van der Waals surface area (Å²) in [4.78, 5) is 6.29. The van der Waals surface area contributed by atoms with Crippen LogP contribution in [0.15, 0.2) is 16.8 Å². The average Bonchev–Trinajstić information content (AvgIpc) is 2.27. The molecule has 9 heteroatoms. The van der Waals surface area contributed by atoms with Crippen LogP contribution in [0.3, 0.4) is 0 Å². The molecule has 1 heterocycles. The number of hydrogen-bond acceptors (Lipinski definition) is 4. The van der Waals surface area contributed by atoms with E-state index in [1.54, 1.807) is 0 Å². The summed E-state index contributed by atoms with van der Waals surface area (Å²) in [5, 5.41) is 7.61. The molecule has 1 N–H and O–H groups in total. The molecule has 0 aromatic carbocycles. The zero-order valence-electron chi connectivity index (χ0n) is 8.51. The molecule has 0 saturated carbocycles. The van der Waals surface area contributed by atoms with E-state index < -0.39 is 28.2 Å². The molecule has 0 bridgehead atoms. The zero-order chi connectivity index (χ0) is 13.1. The molecule has 0 radical (unpaired) electrons. The minimum atomic E-state index is -4.60. The van der Waals surface area contributed by atoms with E-state index >= 15 is 0 Å². The molecule has 2 unspecified atom stereocenters. The van der Waals surface area contributed by atoms with Gasteiger partial charge in [0.1, 0.15) is 0 Å². The molecule has 5 nitrogen and oxygen atoms in total. The predicted octanol–water partition coefficient (Wildman–Crippen LogP) is 2.31. The third kappa shape index (κ3) is 3.47. The predicted molar refractivity (Wildman–Crippen MR) is 53.5 cm³/mol. The Labute approximate surface area is 97.3 Å². The Hall–Kier alpha value is -1.53. The Morgan fingerprint density at radius 3 is 2.41 bits per heavy atom. The summed E-state index contributed by atoms with van der Waals surface area (Å²) in [6, 6.07) is 0. The average molecular weight is 264 g/mol. The highest BCUT2D eigenvalue weighted by Gasteiger charge is 2.34. The van der Waals surface area contributed by atoms with Crippen LogP contribution in [0.5, 0.6) is 0 Å². The summed E-state index contributed by atoms with van der Waals surface area (Å²) in [6.07, 6.45) is -1.25. The highest BCUT2D eigenvalue weighted by molar-refractivity contribution is 7.81. The minimum Gasteiger partial charge on any atom is -0.320 e. The third-order valence-electron chi connectivity index (χ3n) is 1.85. The molecule has 1 aromatic heterocycles. The van der Waals surface area contributed by atoms with Crippen molar-refractivity contribution in [2.45, 2.75) is 18.3 Å². The third-order valence-corrected chi connectivity index (χ3v) is 3.02. The lowest BCUT2D eigenvalue weighted by Gasteiger charge is -2.10. The van der Waals surface area contributed by atoms with E-state index in [-0.39, 0.29) is 5.56 Å². The first kappa shape index (κ1) is 13.5. The van der Waals surface area contributed by atoms with Crippen LogP contribution >= 0.6 is 0 Å². The largest absolute Gasteiger partial charge is 0.451 e. The van der Waals surface area contributed by atoms with Crippen LogP contribution in [0.1, 0.15) is 23.6 Å². The monoisotopic (exact) mass is 264 g/mol. The van der Waals surface area contributed by atoms with E-state index in [9.17, 15) is 17.7 Å². The molecule has 1 rings (SSSR count). The second-order valence-corrected chi connectivity index (χ2v) is 4.44. The fourth-order valence-corrected chi connectivity index (χ4v) is 1.54. The van der Waals surface area contributed by atoms with E-state index in [4.69, 9.17) is 5.26 Å². The molecular formula is C8H7F3N4OS. The number of hydrogen-bond donors (Lipinski definition) is 1. The Morgan fingerprint density at radius 2 is 2.00 bits per heavy atom. The number of nitrogens with zero attached hydrogens (tertiary/aromatic N) is 4. The van der Waals surface area contributed by atoms with Gasteiger partial charge in [-0.15, -0.1) is 4.36 Å². The van der Waals surface area contributed by atoms with Gasteiger partial charge in [0.2, 0.25) is 12.0 Å². The molecular weight excluding hydrogens is 257 g/mol. The van der Waals surface area contributed by atoms with Gasteiger partial charge < -0.3 is 4.55 Å². The van der Waals surface area contributed by atoms with Gasteiger partial charge in [-0.05, 0) is 6.92 Å². The molecule has 0 spiro atoms. The van der Waals surface area contributed by atoms with E-state index in [1.807, 2.05) is 0 Å². The Balaban J connectivity index is 2.97. The van der Waals surface area contributed by atoms with E-state index in [1.165, 1.54) is 13.1 Å². The molecule has 0 amide bonds. The number of rotatable bonds is 2. The van der Waals surface area contributed by atoms with Gasteiger partial charge in [-0.2, -0.15) is 18.4 Å². The maximum atomic E-state index is 12.2. The van der Waals surface area contributed by atoms with Crippen molar-refractivity contribution < 1.29 is 17.7 Å². The fraction of sp³-hybridized carbons (Fsp3) is 0.375. The van der Waals surface area contributed by atoms with Gasteiger partial charge in [0.25, 0.3) is 0 Å². The highest BCUT2D eigenvalue weighted by atomic mass is 32.2. The second-order valence-electron chi connectivity index (χ2n) is 2.96. The van der Waals surface area contributed by atoms with Crippen LogP contribution in [-0.4, -0.2) is 14.5 Å². The normalized spacial score (nSPS) is 15.3. The molecule has 2 atom stereocenters. The van der Waals surface area contributed by atoms with Gasteiger partial charge in [-0.3, -0.25) is 0 Å². The maximum absolute atomic E-state index is 12.2. The quantitative estimate of drug-likeness (QED) is 0.831. The van der Waals surface area contributed by atoms with Crippen molar-refractivity contribution in [2.75, 3.05) is 0 Å². The van der Waals surface area contributed by atoms with Gasteiger partial charge in [0.05, 0.1) is 16.2 Å². The molecule has 0 saturated heterocycles. The van der Waals surface area contributed by atoms with Crippen molar-refractivity contribution in [1.29, 1.82) is 5.26 Å². The van der Waals surface area contributed by atoms with Crippen molar-refractivity contribution in [3.63, 3.8) is 0 Å². The van der Waals surface area contributed by atoms with E-state index in [0.29, 0.717) is 0 Å². The molecule has 0 aliphatic rings. The Bertz CT molecular complexity index is 465. The second kappa shape index (κ2) is 5.20. The summed E-state index contributed by atoms with van der Waals surface area (Å²) in [5.74, 6) is -1.25. The summed E-state index contributed by atoms with van der Waals surface area (Å²) in [5.41, 5.74) is 0.280. The zero-order valence-corrected chi connectivity index (χ0v) is 9.33. The van der Waals surface area contributed by atoms with E-state index in [2.05, 4.69) is 14.3 Å². The lowest BCUT2D eigenvalue weighted by Crippen LogP contribution is -2.12. The topological polar surface area (TPSA) is 82.2 Å². The number of aromatic nitrogens is 2. The van der Waals surface area contributed by atoms with Crippen LogP contribution < -0.4 is 0 Å². The van der Waals surface area contributed by atoms with Crippen molar-refractivity contribution in [3.8, 4) is 6.19 Å². The van der Waals surface area contributed by atoms with Gasteiger partial charge in [-0.25, -0.2) is 9.97 Å².